The highest BCUT2D eigenvalue weighted by atomic mass is 16.6. The number of aliphatic hydroxyl groups is 1. The molecule has 4 heteroatoms. The van der Waals surface area contributed by atoms with Crippen LogP contribution < -0.4 is 5.32 Å². The van der Waals surface area contributed by atoms with Gasteiger partial charge in [0.25, 0.3) is 0 Å². The van der Waals surface area contributed by atoms with Crippen LogP contribution in [0.1, 0.15) is 6.42 Å². The van der Waals surface area contributed by atoms with E-state index in [0.717, 1.165) is 0 Å². The van der Waals surface area contributed by atoms with E-state index in [9.17, 15) is 4.79 Å². The van der Waals surface area contributed by atoms with E-state index in [-0.39, 0.29) is 18.8 Å². The quantitative estimate of drug-likeness (QED) is 0.568. The molecule has 1 fully saturated rings. The summed E-state index contributed by atoms with van der Waals surface area (Å²) in [6, 6.07) is -0.277. The third-order valence-electron chi connectivity index (χ3n) is 1.61. The van der Waals surface area contributed by atoms with Crippen LogP contribution in [-0.4, -0.2) is 30.0 Å². The lowest BCUT2D eigenvalue weighted by atomic mass is 10.1. The van der Waals surface area contributed by atoms with Crippen molar-refractivity contribution in [2.24, 2.45) is 0 Å². The molecule has 11 heavy (non-hydrogen) atoms. The molecule has 1 amide bonds. The summed E-state index contributed by atoms with van der Waals surface area (Å²) < 4.78 is 4.82. The SMILES string of the molecule is C=CC[C@H]1OC(=O)N[C@@H]1CO. The number of carbonyl (C=O) groups is 1. The Morgan fingerprint density at radius 2 is 2.55 bits per heavy atom. The summed E-state index contributed by atoms with van der Waals surface area (Å²) in [4.78, 5) is 10.6. The Hall–Kier alpha value is -1.03. The molecule has 62 valence electrons. The molecule has 1 aliphatic rings. The predicted molar refractivity (Wildman–Crippen MR) is 39.1 cm³/mol. The minimum Gasteiger partial charge on any atom is -0.444 e. The van der Waals surface area contributed by atoms with Crippen molar-refractivity contribution in [2.45, 2.75) is 18.6 Å². The van der Waals surface area contributed by atoms with E-state index in [2.05, 4.69) is 11.9 Å². The van der Waals surface area contributed by atoms with Crippen molar-refractivity contribution in [3.05, 3.63) is 12.7 Å². The summed E-state index contributed by atoms with van der Waals surface area (Å²) in [6.45, 7) is 3.42. The van der Waals surface area contributed by atoms with Crippen LogP contribution in [0.5, 0.6) is 0 Å². The summed E-state index contributed by atoms with van der Waals surface area (Å²) in [6.07, 6.45) is 1.51. The van der Waals surface area contributed by atoms with E-state index in [1.807, 2.05) is 0 Å². The van der Waals surface area contributed by atoms with Gasteiger partial charge in [-0.15, -0.1) is 6.58 Å². The van der Waals surface area contributed by atoms with Gasteiger partial charge in [-0.25, -0.2) is 4.79 Å². The van der Waals surface area contributed by atoms with Gasteiger partial charge in [-0.1, -0.05) is 6.08 Å². The summed E-state index contributed by atoms with van der Waals surface area (Å²) >= 11 is 0. The highest BCUT2D eigenvalue weighted by Crippen LogP contribution is 2.11. The van der Waals surface area contributed by atoms with E-state index < -0.39 is 6.09 Å². The largest absolute Gasteiger partial charge is 0.444 e. The standard InChI is InChI=1S/C7H11NO3/c1-2-3-6-5(4-9)8-7(10)11-6/h2,5-6,9H,1,3-4H2,(H,8,10)/t5-,6-/m1/s1. The molecule has 0 unspecified atom stereocenters. The first-order valence-corrected chi connectivity index (χ1v) is 3.47. The molecule has 0 radical (unpaired) electrons. The Morgan fingerprint density at radius 1 is 1.82 bits per heavy atom. The fraction of sp³-hybridized carbons (Fsp3) is 0.571. The minimum absolute atomic E-state index is 0.0930. The number of rotatable bonds is 3. The average molecular weight is 157 g/mol. The van der Waals surface area contributed by atoms with E-state index >= 15 is 0 Å². The maximum absolute atomic E-state index is 10.6. The van der Waals surface area contributed by atoms with Crippen LogP contribution in [0.2, 0.25) is 0 Å². The molecule has 1 heterocycles. The molecule has 1 rings (SSSR count). The molecule has 0 aliphatic carbocycles. The number of hydrogen-bond acceptors (Lipinski definition) is 3. The molecule has 2 N–H and O–H groups in total. The highest BCUT2D eigenvalue weighted by molar-refractivity contribution is 5.70. The number of aliphatic hydroxyl groups excluding tert-OH is 1. The van der Waals surface area contributed by atoms with Crippen molar-refractivity contribution in [1.29, 1.82) is 0 Å². The van der Waals surface area contributed by atoms with Crippen LogP contribution in [0.25, 0.3) is 0 Å². The monoisotopic (exact) mass is 157 g/mol. The summed E-state index contributed by atoms with van der Waals surface area (Å²) in [5, 5.41) is 11.2. The highest BCUT2D eigenvalue weighted by Gasteiger charge is 2.31. The Balaban J connectivity index is 2.49. The zero-order valence-electron chi connectivity index (χ0n) is 6.12. The number of ether oxygens (including phenoxy) is 1. The smallest absolute Gasteiger partial charge is 0.407 e. The molecule has 2 atom stereocenters. The average Bonchev–Trinajstić information content (AvgIpc) is 2.32. The zero-order valence-corrected chi connectivity index (χ0v) is 6.12. The van der Waals surface area contributed by atoms with Gasteiger partial charge in [-0.05, 0) is 0 Å². The lowest BCUT2D eigenvalue weighted by Crippen LogP contribution is -2.34. The molecule has 0 bridgehead atoms. The fourth-order valence-corrected chi connectivity index (χ4v) is 1.04. The van der Waals surface area contributed by atoms with Gasteiger partial charge in [0, 0.05) is 6.42 Å². The zero-order chi connectivity index (χ0) is 8.27. The van der Waals surface area contributed by atoms with E-state index in [1.165, 1.54) is 0 Å². The Labute approximate surface area is 64.9 Å². The van der Waals surface area contributed by atoms with Gasteiger partial charge in [0.2, 0.25) is 0 Å². The van der Waals surface area contributed by atoms with E-state index in [1.54, 1.807) is 6.08 Å². The number of carbonyl (C=O) groups excluding carboxylic acids is 1. The van der Waals surface area contributed by atoms with Crippen LogP contribution in [0.4, 0.5) is 4.79 Å². The van der Waals surface area contributed by atoms with Crippen LogP contribution in [-0.2, 0) is 4.74 Å². The fourth-order valence-electron chi connectivity index (χ4n) is 1.04. The van der Waals surface area contributed by atoms with Gasteiger partial charge in [-0.2, -0.15) is 0 Å². The van der Waals surface area contributed by atoms with E-state index in [0.29, 0.717) is 6.42 Å². The van der Waals surface area contributed by atoms with Gasteiger partial charge in [0.05, 0.1) is 12.6 Å². The molecule has 0 saturated carbocycles. The summed E-state index contributed by atoms with van der Waals surface area (Å²) in [7, 11) is 0. The Kier molecular flexibility index (Phi) is 2.48. The molecule has 0 spiro atoms. The molecular weight excluding hydrogens is 146 g/mol. The Bertz CT molecular complexity index is 169. The van der Waals surface area contributed by atoms with Crippen LogP contribution in [0, 0.1) is 0 Å². The van der Waals surface area contributed by atoms with Gasteiger partial charge >= 0.3 is 6.09 Å². The third-order valence-corrected chi connectivity index (χ3v) is 1.61. The van der Waals surface area contributed by atoms with Crippen molar-refractivity contribution in [3.8, 4) is 0 Å². The number of amides is 1. The predicted octanol–water partition coefficient (Wildman–Crippen LogP) is 0.0318. The lowest BCUT2D eigenvalue weighted by molar-refractivity contribution is 0.120. The van der Waals surface area contributed by atoms with Crippen LogP contribution in [0.3, 0.4) is 0 Å². The molecule has 0 aromatic carbocycles. The summed E-state index contributed by atoms with van der Waals surface area (Å²) in [5.41, 5.74) is 0. The van der Waals surface area contributed by atoms with Crippen LogP contribution in [0.15, 0.2) is 12.7 Å². The maximum atomic E-state index is 10.6. The number of hydrogen-bond donors (Lipinski definition) is 2. The van der Waals surface area contributed by atoms with Crippen molar-refractivity contribution in [3.63, 3.8) is 0 Å². The van der Waals surface area contributed by atoms with Crippen molar-refractivity contribution in [2.75, 3.05) is 6.61 Å². The maximum Gasteiger partial charge on any atom is 0.407 e. The van der Waals surface area contributed by atoms with Gasteiger partial charge < -0.3 is 15.2 Å². The van der Waals surface area contributed by atoms with Crippen molar-refractivity contribution >= 4 is 6.09 Å². The molecule has 4 nitrogen and oxygen atoms in total. The lowest BCUT2D eigenvalue weighted by Gasteiger charge is -2.11. The first-order valence-electron chi connectivity index (χ1n) is 3.47. The van der Waals surface area contributed by atoms with Crippen molar-refractivity contribution < 1.29 is 14.6 Å². The normalized spacial score (nSPS) is 29.4. The topological polar surface area (TPSA) is 58.6 Å². The second kappa shape index (κ2) is 3.39. The number of cyclic esters (lactones) is 1. The second-order valence-corrected chi connectivity index (χ2v) is 2.40. The number of alkyl carbamates (subject to hydrolysis) is 1. The van der Waals surface area contributed by atoms with Gasteiger partial charge in [0.1, 0.15) is 6.10 Å². The Morgan fingerprint density at radius 3 is 3.09 bits per heavy atom. The van der Waals surface area contributed by atoms with Crippen LogP contribution >= 0.6 is 0 Å². The number of nitrogens with one attached hydrogen (secondary N) is 1. The molecule has 0 aromatic rings. The first-order chi connectivity index (χ1) is 5.27. The first kappa shape index (κ1) is 8.07. The van der Waals surface area contributed by atoms with Crippen molar-refractivity contribution in [1.82, 2.24) is 5.32 Å². The second-order valence-electron chi connectivity index (χ2n) is 2.40. The molecule has 0 aromatic heterocycles. The summed E-state index contributed by atoms with van der Waals surface area (Å²) in [5.74, 6) is 0. The van der Waals surface area contributed by atoms with Gasteiger partial charge in [-0.3, -0.25) is 0 Å². The van der Waals surface area contributed by atoms with Gasteiger partial charge in [0.15, 0.2) is 0 Å². The van der Waals surface area contributed by atoms with E-state index in [4.69, 9.17) is 9.84 Å². The molecule has 1 saturated heterocycles. The molecular formula is C7H11NO3. The minimum atomic E-state index is -0.462. The third kappa shape index (κ3) is 1.71. The molecule has 1 aliphatic heterocycles.